The number of thioether (sulfide) groups is 1. The topological polar surface area (TPSA) is 93.2 Å². The molecule has 0 saturated heterocycles. The van der Waals surface area contributed by atoms with Crippen molar-refractivity contribution in [3.05, 3.63) is 29.3 Å². The molecule has 0 aliphatic carbocycles. The Labute approximate surface area is 148 Å². The van der Waals surface area contributed by atoms with Crippen LogP contribution in [0.4, 0.5) is 10.8 Å². The summed E-state index contributed by atoms with van der Waals surface area (Å²) in [6.45, 7) is 3.94. The number of carbonyl (C=O) groups excluding carboxylic acids is 2. The number of aryl methyl sites for hydroxylation is 2. The fraction of sp³-hybridized carbons (Fsp3) is 0.333. The number of amides is 1. The van der Waals surface area contributed by atoms with Crippen molar-refractivity contribution in [1.82, 2.24) is 15.5 Å². The molecule has 0 aliphatic heterocycles. The molecule has 0 atom stereocenters. The Balaban J connectivity index is 1.84. The third-order valence-electron chi connectivity index (χ3n) is 3.01. The van der Waals surface area contributed by atoms with E-state index in [1.165, 1.54) is 35.8 Å². The van der Waals surface area contributed by atoms with Crippen molar-refractivity contribution in [1.29, 1.82) is 0 Å². The lowest BCUT2D eigenvalue weighted by Crippen LogP contribution is -2.31. The highest BCUT2D eigenvalue weighted by Gasteiger charge is 2.10. The Morgan fingerprint density at radius 3 is 2.79 bits per heavy atom. The number of hydrogen-bond acceptors (Lipinski definition) is 8. The summed E-state index contributed by atoms with van der Waals surface area (Å²) in [6, 6.07) is 6.11. The van der Waals surface area contributed by atoms with Crippen LogP contribution < -0.4 is 10.6 Å². The SMILES string of the molecule is COC(=O)CNC(=O)CSc1nnc(Nc2ccc(C)cc2C)s1. The molecular formula is C15H18N4O3S2. The van der Waals surface area contributed by atoms with E-state index in [0.29, 0.717) is 9.47 Å². The molecule has 1 aromatic carbocycles. The van der Waals surface area contributed by atoms with Gasteiger partial charge < -0.3 is 15.4 Å². The van der Waals surface area contributed by atoms with Crippen LogP contribution in [0.5, 0.6) is 0 Å². The molecule has 1 amide bonds. The van der Waals surface area contributed by atoms with E-state index in [-0.39, 0.29) is 18.2 Å². The van der Waals surface area contributed by atoms with Crippen LogP contribution in [0.1, 0.15) is 11.1 Å². The third-order valence-corrected chi connectivity index (χ3v) is 4.99. The van der Waals surface area contributed by atoms with Crippen molar-refractivity contribution in [2.75, 3.05) is 24.7 Å². The number of rotatable bonds is 7. The van der Waals surface area contributed by atoms with Crippen LogP contribution in [0.2, 0.25) is 0 Å². The van der Waals surface area contributed by atoms with E-state index in [2.05, 4.69) is 31.6 Å². The summed E-state index contributed by atoms with van der Waals surface area (Å²) in [5.41, 5.74) is 3.30. The minimum atomic E-state index is -0.482. The van der Waals surface area contributed by atoms with Gasteiger partial charge in [-0.25, -0.2) is 0 Å². The van der Waals surface area contributed by atoms with Gasteiger partial charge in [-0.05, 0) is 25.5 Å². The van der Waals surface area contributed by atoms with Gasteiger partial charge in [0.15, 0.2) is 4.34 Å². The summed E-state index contributed by atoms with van der Waals surface area (Å²) in [6.07, 6.45) is 0. The van der Waals surface area contributed by atoms with Gasteiger partial charge in [-0.15, -0.1) is 10.2 Å². The number of anilines is 2. The number of nitrogens with zero attached hydrogens (tertiary/aromatic N) is 2. The number of hydrogen-bond donors (Lipinski definition) is 2. The molecule has 7 nitrogen and oxygen atoms in total. The zero-order valence-corrected chi connectivity index (χ0v) is 15.2. The van der Waals surface area contributed by atoms with Gasteiger partial charge in [0.25, 0.3) is 0 Å². The highest BCUT2D eigenvalue weighted by atomic mass is 32.2. The van der Waals surface area contributed by atoms with Crippen molar-refractivity contribution < 1.29 is 14.3 Å². The summed E-state index contributed by atoms with van der Waals surface area (Å²) in [5.74, 6) is -0.580. The van der Waals surface area contributed by atoms with E-state index in [1.807, 2.05) is 26.0 Å². The zero-order chi connectivity index (χ0) is 17.5. The molecule has 0 unspecified atom stereocenters. The van der Waals surface area contributed by atoms with E-state index >= 15 is 0 Å². The molecule has 0 fully saturated rings. The van der Waals surface area contributed by atoms with Gasteiger partial charge in [0.2, 0.25) is 11.0 Å². The number of benzene rings is 1. The Morgan fingerprint density at radius 1 is 1.29 bits per heavy atom. The molecular weight excluding hydrogens is 348 g/mol. The van der Waals surface area contributed by atoms with Crippen LogP contribution in [0, 0.1) is 13.8 Å². The van der Waals surface area contributed by atoms with Crippen LogP contribution >= 0.6 is 23.1 Å². The first kappa shape index (κ1) is 18.2. The van der Waals surface area contributed by atoms with E-state index in [4.69, 9.17) is 0 Å². The average Bonchev–Trinajstić information content (AvgIpc) is 3.01. The van der Waals surface area contributed by atoms with Crippen LogP contribution in [-0.4, -0.2) is 41.5 Å². The van der Waals surface area contributed by atoms with Gasteiger partial charge in [-0.2, -0.15) is 0 Å². The van der Waals surface area contributed by atoms with Crippen LogP contribution in [0.15, 0.2) is 22.5 Å². The Morgan fingerprint density at radius 2 is 2.08 bits per heavy atom. The molecule has 24 heavy (non-hydrogen) atoms. The Kier molecular flexibility index (Phi) is 6.56. The number of nitrogens with one attached hydrogen (secondary N) is 2. The number of aromatic nitrogens is 2. The molecule has 1 heterocycles. The summed E-state index contributed by atoms with van der Waals surface area (Å²) >= 11 is 2.64. The molecule has 2 aromatic rings. The molecule has 0 aliphatic rings. The normalized spacial score (nSPS) is 10.3. The van der Waals surface area contributed by atoms with Gasteiger partial charge in [0, 0.05) is 5.69 Å². The van der Waals surface area contributed by atoms with Gasteiger partial charge in [0.05, 0.1) is 12.9 Å². The minimum absolute atomic E-state index is 0.133. The molecule has 0 radical (unpaired) electrons. The highest BCUT2D eigenvalue weighted by molar-refractivity contribution is 8.01. The van der Waals surface area contributed by atoms with Gasteiger partial charge in [0.1, 0.15) is 6.54 Å². The first-order valence-corrected chi connectivity index (χ1v) is 8.92. The number of ether oxygens (including phenoxy) is 1. The second-order valence-corrected chi connectivity index (χ2v) is 7.16. The lowest BCUT2D eigenvalue weighted by atomic mass is 10.1. The van der Waals surface area contributed by atoms with Gasteiger partial charge in [-0.3, -0.25) is 9.59 Å². The summed E-state index contributed by atoms with van der Waals surface area (Å²) in [4.78, 5) is 22.6. The Bertz CT molecular complexity index is 733. The lowest BCUT2D eigenvalue weighted by molar-refractivity contribution is -0.140. The van der Waals surface area contributed by atoms with Crippen LogP contribution in [0.25, 0.3) is 0 Å². The van der Waals surface area contributed by atoms with Crippen molar-refractivity contribution in [3.8, 4) is 0 Å². The van der Waals surface area contributed by atoms with Crippen LogP contribution in [0.3, 0.4) is 0 Å². The first-order valence-electron chi connectivity index (χ1n) is 7.12. The van der Waals surface area contributed by atoms with E-state index in [9.17, 15) is 9.59 Å². The average molecular weight is 366 g/mol. The summed E-state index contributed by atoms with van der Waals surface area (Å²) in [5, 5.41) is 14.5. The molecule has 0 spiro atoms. The molecule has 9 heteroatoms. The lowest BCUT2D eigenvalue weighted by Gasteiger charge is -2.06. The standard InChI is InChI=1S/C15H18N4O3S2/c1-9-4-5-11(10(2)6-9)17-14-18-19-15(24-14)23-8-12(20)16-7-13(21)22-3/h4-6H,7-8H2,1-3H3,(H,16,20)(H,17,18). The predicted molar refractivity (Wildman–Crippen MR) is 94.9 cm³/mol. The zero-order valence-electron chi connectivity index (χ0n) is 13.6. The number of methoxy groups -OCH3 is 1. The van der Waals surface area contributed by atoms with E-state index in [0.717, 1.165) is 11.3 Å². The fourth-order valence-electron chi connectivity index (χ4n) is 1.81. The van der Waals surface area contributed by atoms with Gasteiger partial charge >= 0.3 is 5.97 Å². The third kappa shape index (κ3) is 5.50. The second-order valence-electron chi connectivity index (χ2n) is 4.96. The monoisotopic (exact) mass is 366 g/mol. The van der Waals surface area contributed by atoms with Gasteiger partial charge in [-0.1, -0.05) is 40.8 Å². The Hall–Kier alpha value is -2.13. The van der Waals surface area contributed by atoms with Crippen LogP contribution in [-0.2, 0) is 14.3 Å². The minimum Gasteiger partial charge on any atom is -0.468 e. The predicted octanol–water partition coefficient (Wildman–Crippen LogP) is 2.28. The first-order chi connectivity index (χ1) is 11.5. The largest absolute Gasteiger partial charge is 0.468 e. The molecule has 1 aromatic heterocycles. The maximum atomic E-state index is 11.6. The highest BCUT2D eigenvalue weighted by Crippen LogP contribution is 2.28. The summed E-state index contributed by atoms with van der Waals surface area (Å²) in [7, 11) is 1.27. The van der Waals surface area contributed by atoms with Crippen molar-refractivity contribution in [3.63, 3.8) is 0 Å². The van der Waals surface area contributed by atoms with Crippen molar-refractivity contribution in [2.24, 2.45) is 0 Å². The second kappa shape index (κ2) is 8.65. The van der Waals surface area contributed by atoms with Crippen molar-refractivity contribution >= 4 is 45.8 Å². The molecule has 2 N–H and O–H groups in total. The quantitative estimate of drug-likeness (QED) is 0.573. The molecule has 2 rings (SSSR count). The number of carbonyl (C=O) groups is 2. The maximum absolute atomic E-state index is 11.6. The molecule has 0 bridgehead atoms. The molecule has 128 valence electrons. The molecule has 0 saturated carbocycles. The maximum Gasteiger partial charge on any atom is 0.325 e. The van der Waals surface area contributed by atoms with E-state index < -0.39 is 5.97 Å². The smallest absolute Gasteiger partial charge is 0.325 e. The summed E-state index contributed by atoms with van der Waals surface area (Å²) < 4.78 is 5.13. The van der Waals surface area contributed by atoms with Crippen molar-refractivity contribution in [2.45, 2.75) is 18.2 Å². The van der Waals surface area contributed by atoms with E-state index in [1.54, 1.807) is 0 Å². The number of esters is 1. The fourth-order valence-corrected chi connectivity index (χ4v) is 3.40.